The van der Waals surface area contributed by atoms with Gasteiger partial charge in [-0.25, -0.2) is 0 Å². The highest BCUT2D eigenvalue weighted by molar-refractivity contribution is 5.40. The zero-order chi connectivity index (χ0) is 14.6. The van der Waals surface area contributed by atoms with E-state index in [2.05, 4.69) is 25.1 Å². The van der Waals surface area contributed by atoms with Gasteiger partial charge in [0.15, 0.2) is 0 Å². The molecule has 114 valence electrons. The molecule has 0 bridgehead atoms. The summed E-state index contributed by atoms with van der Waals surface area (Å²) in [5.41, 5.74) is 3.25. The van der Waals surface area contributed by atoms with Crippen molar-refractivity contribution in [3.63, 3.8) is 0 Å². The normalized spacial score (nSPS) is 41.1. The van der Waals surface area contributed by atoms with Crippen LogP contribution in [0.5, 0.6) is 5.75 Å². The van der Waals surface area contributed by atoms with Crippen molar-refractivity contribution in [2.45, 2.75) is 57.5 Å². The molecule has 3 aliphatic carbocycles. The van der Waals surface area contributed by atoms with Crippen molar-refractivity contribution in [1.82, 2.24) is 0 Å². The third kappa shape index (κ3) is 1.88. The second kappa shape index (κ2) is 4.74. The summed E-state index contributed by atoms with van der Waals surface area (Å²) >= 11 is 0. The molecule has 0 aliphatic heterocycles. The van der Waals surface area contributed by atoms with Crippen molar-refractivity contribution in [1.29, 1.82) is 0 Å². The van der Waals surface area contributed by atoms with Crippen molar-refractivity contribution in [3.05, 3.63) is 29.3 Å². The van der Waals surface area contributed by atoms with Crippen LogP contribution in [0.25, 0.3) is 0 Å². The summed E-state index contributed by atoms with van der Waals surface area (Å²) in [5, 5.41) is 10.4. The van der Waals surface area contributed by atoms with Crippen LogP contribution < -0.4 is 4.74 Å². The standard InChI is InChI=1S/C19H26O2/c1-19-10-9-15-14-6-4-13(21-2)11-12(14)3-5-16(15)17(19)7-8-18(19)20/h4,6,11,15-18,20H,3,5,7-10H2,1-2H3/t15-,16?,17?,18+,19?/m1/s1. The van der Waals surface area contributed by atoms with Gasteiger partial charge in [0, 0.05) is 0 Å². The predicted molar refractivity (Wildman–Crippen MR) is 83.6 cm³/mol. The minimum atomic E-state index is -0.0688. The lowest BCUT2D eigenvalue weighted by Crippen LogP contribution is -2.43. The van der Waals surface area contributed by atoms with Crippen LogP contribution in [0, 0.1) is 17.3 Å². The van der Waals surface area contributed by atoms with Crippen molar-refractivity contribution in [2.24, 2.45) is 17.3 Å². The van der Waals surface area contributed by atoms with Gasteiger partial charge in [0.2, 0.25) is 0 Å². The topological polar surface area (TPSA) is 29.5 Å². The van der Waals surface area contributed by atoms with Crippen LogP contribution in [0.4, 0.5) is 0 Å². The molecule has 0 saturated heterocycles. The van der Waals surface area contributed by atoms with E-state index in [-0.39, 0.29) is 11.5 Å². The first kappa shape index (κ1) is 13.6. The number of hydrogen-bond acceptors (Lipinski definition) is 2. The molecule has 2 nitrogen and oxygen atoms in total. The number of aliphatic hydroxyl groups excluding tert-OH is 1. The van der Waals surface area contributed by atoms with Crippen LogP contribution in [-0.4, -0.2) is 18.3 Å². The van der Waals surface area contributed by atoms with Crippen LogP contribution in [0.1, 0.15) is 56.1 Å². The molecular weight excluding hydrogens is 260 g/mol. The summed E-state index contributed by atoms with van der Waals surface area (Å²) in [6.07, 6.45) is 7.07. The quantitative estimate of drug-likeness (QED) is 0.848. The Bertz CT molecular complexity index is 552. The molecule has 1 aromatic rings. The number of fused-ring (bicyclic) bond motifs is 5. The molecule has 2 fully saturated rings. The lowest BCUT2D eigenvalue weighted by Gasteiger charge is -2.50. The van der Waals surface area contributed by atoms with E-state index in [1.807, 2.05) is 0 Å². The molecule has 0 spiro atoms. The van der Waals surface area contributed by atoms with Gasteiger partial charge in [-0.05, 0) is 85.0 Å². The monoisotopic (exact) mass is 286 g/mol. The molecule has 2 heteroatoms. The average Bonchev–Trinajstić information content (AvgIpc) is 2.82. The SMILES string of the molecule is COc1ccc2c(c1)CCC1C3CC[C@H](O)C3(C)CC[C@H]21. The Balaban J connectivity index is 1.68. The molecule has 21 heavy (non-hydrogen) atoms. The van der Waals surface area contributed by atoms with Gasteiger partial charge in [0.25, 0.3) is 0 Å². The Morgan fingerprint density at radius 2 is 2.05 bits per heavy atom. The first-order valence-corrected chi connectivity index (χ1v) is 8.48. The summed E-state index contributed by atoms with van der Waals surface area (Å²) < 4.78 is 5.38. The first-order valence-electron chi connectivity index (χ1n) is 8.48. The highest BCUT2D eigenvalue weighted by atomic mass is 16.5. The molecule has 3 aliphatic rings. The Kier molecular flexibility index (Phi) is 3.08. The minimum Gasteiger partial charge on any atom is -0.497 e. The molecule has 4 rings (SSSR count). The third-order valence-corrected chi connectivity index (χ3v) is 6.88. The number of methoxy groups -OCH3 is 1. The summed E-state index contributed by atoms with van der Waals surface area (Å²) in [5.74, 6) is 3.20. The van der Waals surface area contributed by atoms with Gasteiger partial charge in [-0.3, -0.25) is 0 Å². The zero-order valence-corrected chi connectivity index (χ0v) is 13.1. The van der Waals surface area contributed by atoms with Crippen molar-refractivity contribution >= 4 is 0 Å². The predicted octanol–water partition coefficient (Wildman–Crippen LogP) is 3.91. The molecule has 0 aromatic heterocycles. The van der Waals surface area contributed by atoms with Crippen LogP contribution in [0.15, 0.2) is 18.2 Å². The third-order valence-electron chi connectivity index (χ3n) is 6.88. The van der Waals surface area contributed by atoms with E-state index in [1.165, 1.54) is 37.7 Å². The van der Waals surface area contributed by atoms with Gasteiger partial charge in [-0.2, -0.15) is 0 Å². The number of aliphatic hydroxyl groups is 1. The van der Waals surface area contributed by atoms with Gasteiger partial charge in [-0.15, -0.1) is 0 Å². The zero-order valence-electron chi connectivity index (χ0n) is 13.1. The van der Waals surface area contributed by atoms with E-state index in [0.717, 1.165) is 24.0 Å². The fourth-order valence-electron chi connectivity index (χ4n) is 5.66. The summed E-state index contributed by atoms with van der Waals surface area (Å²) in [4.78, 5) is 0. The van der Waals surface area contributed by atoms with E-state index < -0.39 is 0 Å². The fraction of sp³-hybridized carbons (Fsp3) is 0.684. The second-order valence-electron chi connectivity index (χ2n) is 7.62. The van der Waals surface area contributed by atoms with Crippen molar-refractivity contribution in [2.75, 3.05) is 7.11 Å². The summed E-state index contributed by atoms with van der Waals surface area (Å²) in [6, 6.07) is 6.67. The lowest BCUT2D eigenvalue weighted by molar-refractivity contribution is -0.0226. The summed E-state index contributed by atoms with van der Waals surface area (Å²) in [7, 11) is 1.75. The Morgan fingerprint density at radius 3 is 2.86 bits per heavy atom. The van der Waals surface area contributed by atoms with Gasteiger partial charge in [0.1, 0.15) is 5.75 Å². The largest absolute Gasteiger partial charge is 0.497 e. The van der Waals surface area contributed by atoms with E-state index >= 15 is 0 Å². The van der Waals surface area contributed by atoms with E-state index in [0.29, 0.717) is 5.92 Å². The van der Waals surface area contributed by atoms with Gasteiger partial charge in [0.05, 0.1) is 13.2 Å². The van der Waals surface area contributed by atoms with E-state index in [9.17, 15) is 5.11 Å². The number of hydrogen-bond donors (Lipinski definition) is 1. The molecule has 3 unspecified atom stereocenters. The number of rotatable bonds is 1. The van der Waals surface area contributed by atoms with Crippen LogP contribution in [0.3, 0.4) is 0 Å². The molecule has 0 amide bonds. The lowest BCUT2D eigenvalue weighted by atomic mass is 9.55. The second-order valence-corrected chi connectivity index (χ2v) is 7.62. The maximum atomic E-state index is 10.4. The average molecular weight is 286 g/mol. The van der Waals surface area contributed by atoms with Crippen LogP contribution >= 0.6 is 0 Å². The van der Waals surface area contributed by atoms with Crippen molar-refractivity contribution in [3.8, 4) is 5.75 Å². The highest BCUT2D eigenvalue weighted by Gasteiger charge is 2.54. The highest BCUT2D eigenvalue weighted by Crippen LogP contribution is 2.60. The van der Waals surface area contributed by atoms with Crippen LogP contribution in [0.2, 0.25) is 0 Å². The Labute approximate surface area is 127 Å². The fourth-order valence-corrected chi connectivity index (χ4v) is 5.66. The number of benzene rings is 1. The molecule has 0 heterocycles. The van der Waals surface area contributed by atoms with E-state index in [4.69, 9.17) is 4.74 Å². The van der Waals surface area contributed by atoms with Crippen LogP contribution in [-0.2, 0) is 6.42 Å². The maximum Gasteiger partial charge on any atom is 0.119 e. The molecule has 2 saturated carbocycles. The minimum absolute atomic E-state index is 0.0688. The molecule has 5 atom stereocenters. The maximum absolute atomic E-state index is 10.4. The van der Waals surface area contributed by atoms with Gasteiger partial charge in [-0.1, -0.05) is 13.0 Å². The first-order chi connectivity index (χ1) is 10.1. The number of aryl methyl sites for hydroxylation is 1. The summed E-state index contributed by atoms with van der Waals surface area (Å²) in [6.45, 7) is 2.34. The van der Waals surface area contributed by atoms with Crippen molar-refractivity contribution < 1.29 is 9.84 Å². The van der Waals surface area contributed by atoms with E-state index in [1.54, 1.807) is 12.7 Å². The Hall–Kier alpha value is -1.02. The molecular formula is C19H26O2. The smallest absolute Gasteiger partial charge is 0.119 e. The number of ether oxygens (including phenoxy) is 1. The molecule has 1 aromatic carbocycles. The van der Waals surface area contributed by atoms with Gasteiger partial charge < -0.3 is 9.84 Å². The Morgan fingerprint density at radius 1 is 1.19 bits per heavy atom. The van der Waals surface area contributed by atoms with Gasteiger partial charge >= 0.3 is 0 Å². The molecule has 1 N–H and O–H groups in total. The molecule has 0 radical (unpaired) electrons.